The van der Waals surface area contributed by atoms with Gasteiger partial charge in [0, 0.05) is 59.9 Å². The summed E-state index contributed by atoms with van der Waals surface area (Å²) in [5.41, 5.74) is 1.22. The summed E-state index contributed by atoms with van der Waals surface area (Å²) in [6.07, 6.45) is 1.84. The molecule has 0 saturated carbocycles. The molecule has 118 valence electrons. The second-order valence-corrected chi connectivity index (χ2v) is 8.06. The van der Waals surface area contributed by atoms with Gasteiger partial charge in [-0.2, -0.15) is 0 Å². The van der Waals surface area contributed by atoms with E-state index in [2.05, 4.69) is 72.9 Å². The molecule has 4 nitrogen and oxygen atoms in total. The van der Waals surface area contributed by atoms with E-state index in [1.54, 1.807) is 0 Å². The summed E-state index contributed by atoms with van der Waals surface area (Å²) >= 11 is 6.99. The molecule has 0 atom stereocenters. The summed E-state index contributed by atoms with van der Waals surface area (Å²) < 4.78 is 2.04. The molecule has 1 aliphatic heterocycles. The van der Waals surface area contributed by atoms with Gasteiger partial charge in [0.1, 0.15) is 0 Å². The molecule has 1 fully saturated rings. The molecular weight excluding hydrogens is 396 g/mol. The number of pyridine rings is 1. The van der Waals surface area contributed by atoms with Gasteiger partial charge in [0.15, 0.2) is 0 Å². The summed E-state index contributed by atoms with van der Waals surface area (Å²) in [4.78, 5) is 9.41. The van der Waals surface area contributed by atoms with E-state index in [9.17, 15) is 0 Å². The Labute approximate surface area is 144 Å². The Morgan fingerprint density at radius 3 is 2.52 bits per heavy atom. The first kappa shape index (κ1) is 17.3. The Morgan fingerprint density at radius 2 is 1.90 bits per heavy atom. The average molecular weight is 420 g/mol. The Morgan fingerprint density at radius 1 is 1.24 bits per heavy atom. The predicted octanol–water partition coefficient (Wildman–Crippen LogP) is 2.72. The van der Waals surface area contributed by atoms with Crippen LogP contribution in [0.1, 0.15) is 19.5 Å². The van der Waals surface area contributed by atoms with Gasteiger partial charge in [0.25, 0.3) is 0 Å². The third-order valence-corrected chi connectivity index (χ3v) is 5.21. The van der Waals surface area contributed by atoms with E-state index in [4.69, 9.17) is 0 Å². The van der Waals surface area contributed by atoms with Gasteiger partial charge in [-0.1, -0.05) is 0 Å². The number of hydrogen-bond donors (Lipinski definition) is 1. The van der Waals surface area contributed by atoms with Crippen LogP contribution in [-0.4, -0.2) is 60.1 Å². The number of hydrogen-bond acceptors (Lipinski definition) is 4. The van der Waals surface area contributed by atoms with Crippen LogP contribution in [0.2, 0.25) is 0 Å². The van der Waals surface area contributed by atoms with Crippen LogP contribution < -0.4 is 5.32 Å². The van der Waals surface area contributed by atoms with E-state index in [0.29, 0.717) is 0 Å². The van der Waals surface area contributed by atoms with E-state index in [0.717, 1.165) is 53.9 Å². The molecule has 2 rings (SSSR count). The van der Waals surface area contributed by atoms with E-state index >= 15 is 0 Å². The van der Waals surface area contributed by atoms with Gasteiger partial charge in [0.05, 0.1) is 5.69 Å². The summed E-state index contributed by atoms with van der Waals surface area (Å²) in [5.74, 6) is 0. The average Bonchev–Trinajstić information content (AvgIpc) is 2.41. The molecule has 1 aromatic rings. The first-order valence-corrected chi connectivity index (χ1v) is 8.91. The van der Waals surface area contributed by atoms with Gasteiger partial charge in [-0.15, -0.1) is 0 Å². The zero-order chi connectivity index (χ0) is 15.5. The second kappa shape index (κ2) is 7.51. The molecule has 0 aliphatic carbocycles. The highest BCUT2D eigenvalue weighted by molar-refractivity contribution is 9.11. The fourth-order valence-corrected chi connectivity index (χ4v) is 3.71. The molecule has 1 N–H and O–H groups in total. The zero-order valence-electron chi connectivity index (χ0n) is 13.0. The second-order valence-electron chi connectivity index (χ2n) is 6.29. The predicted molar refractivity (Wildman–Crippen MR) is 94.5 cm³/mol. The van der Waals surface area contributed by atoms with Crippen LogP contribution in [0.15, 0.2) is 21.2 Å². The van der Waals surface area contributed by atoms with Crippen molar-refractivity contribution in [1.82, 2.24) is 20.1 Å². The lowest BCUT2D eigenvalue weighted by Crippen LogP contribution is -2.57. The highest BCUT2D eigenvalue weighted by atomic mass is 79.9. The van der Waals surface area contributed by atoms with Crippen molar-refractivity contribution in [2.45, 2.75) is 25.9 Å². The van der Waals surface area contributed by atoms with Crippen LogP contribution in [0.5, 0.6) is 0 Å². The number of halogens is 2. The Hall–Kier alpha value is -0.0100. The summed E-state index contributed by atoms with van der Waals surface area (Å²) in [7, 11) is 2.19. The maximum atomic E-state index is 4.44. The Bertz CT molecular complexity index is 471. The molecule has 0 amide bonds. The Balaban J connectivity index is 1.84. The maximum absolute atomic E-state index is 4.44. The SMILES string of the molecule is CN1CCN(C(C)(C)CNCc2ncc(Br)cc2Br)CC1. The van der Waals surface area contributed by atoms with Crippen molar-refractivity contribution in [2.75, 3.05) is 39.8 Å². The molecule has 2 heterocycles. The fourth-order valence-electron chi connectivity index (χ4n) is 2.58. The van der Waals surface area contributed by atoms with Crippen molar-refractivity contribution in [3.8, 4) is 0 Å². The lowest BCUT2D eigenvalue weighted by atomic mass is 10.0. The largest absolute Gasteiger partial charge is 0.309 e. The van der Waals surface area contributed by atoms with Gasteiger partial charge in [-0.05, 0) is 58.8 Å². The summed E-state index contributed by atoms with van der Waals surface area (Å²) in [5, 5.41) is 3.55. The minimum Gasteiger partial charge on any atom is -0.309 e. The van der Waals surface area contributed by atoms with Gasteiger partial charge in [-0.25, -0.2) is 0 Å². The topological polar surface area (TPSA) is 31.4 Å². The number of nitrogens with zero attached hydrogens (tertiary/aromatic N) is 3. The molecule has 21 heavy (non-hydrogen) atoms. The molecule has 0 bridgehead atoms. The van der Waals surface area contributed by atoms with Crippen molar-refractivity contribution in [1.29, 1.82) is 0 Å². The smallest absolute Gasteiger partial charge is 0.0684 e. The molecule has 6 heteroatoms. The molecule has 1 aliphatic rings. The van der Waals surface area contributed by atoms with E-state index < -0.39 is 0 Å². The van der Waals surface area contributed by atoms with Gasteiger partial charge in [-0.3, -0.25) is 9.88 Å². The van der Waals surface area contributed by atoms with Crippen molar-refractivity contribution in [2.24, 2.45) is 0 Å². The quantitative estimate of drug-likeness (QED) is 0.794. The first-order chi connectivity index (χ1) is 9.88. The van der Waals surface area contributed by atoms with Crippen molar-refractivity contribution < 1.29 is 0 Å². The number of piperazine rings is 1. The van der Waals surface area contributed by atoms with Gasteiger partial charge >= 0.3 is 0 Å². The molecule has 1 aromatic heterocycles. The number of aromatic nitrogens is 1. The summed E-state index contributed by atoms with van der Waals surface area (Å²) in [6.45, 7) is 11.0. The summed E-state index contributed by atoms with van der Waals surface area (Å²) in [6, 6.07) is 2.04. The minimum absolute atomic E-state index is 0.170. The molecule has 0 unspecified atom stereocenters. The van der Waals surface area contributed by atoms with Crippen LogP contribution in [-0.2, 0) is 6.54 Å². The monoisotopic (exact) mass is 418 g/mol. The fraction of sp³-hybridized carbons (Fsp3) is 0.667. The minimum atomic E-state index is 0.170. The van der Waals surface area contributed by atoms with Crippen molar-refractivity contribution >= 4 is 31.9 Å². The van der Waals surface area contributed by atoms with E-state index in [1.165, 1.54) is 0 Å². The van der Waals surface area contributed by atoms with Crippen molar-refractivity contribution in [3.05, 3.63) is 26.9 Å². The molecule has 1 saturated heterocycles. The Kier molecular flexibility index (Phi) is 6.20. The van der Waals surface area contributed by atoms with Crippen LogP contribution in [0, 0.1) is 0 Å². The maximum Gasteiger partial charge on any atom is 0.0684 e. The number of rotatable bonds is 5. The van der Waals surface area contributed by atoms with Crippen molar-refractivity contribution in [3.63, 3.8) is 0 Å². The van der Waals surface area contributed by atoms with Crippen LogP contribution in [0.4, 0.5) is 0 Å². The normalized spacial score (nSPS) is 18.1. The highest BCUT2D eigenvalue weighted by Gasteiger charge is 2.28. The molecule has 0 spiro atoms. The standard InChI is InChI=1S/C15H24Br2N4/c1-15(2,21-6-4-20(3)5-7-21)11-18-10-14-13(17)8-12(16)9-19-14/h8-9,18H,4-7,10-11H2,1-3H3. The van der Waals surface area contributed by atoms with E-state index in [-0.39, 0.29) is 5.54 Å². The zero-order valence-corrected chi connectivity index (χ0v) is 16.2. The first-order valence-electron chi connectivity index (χ1n) is 7.33. The molecule has 0 aromatic carbocycles. The molecule has 0 radical (unpaired) electrons. The number of nitrogens with one attached hydrogen (secondary N) is 1. The van der Waals surface area contributed by atoms with Crippen LogP contribution >= 0.6 is 31.9 Å². The van der Waals surface area contributed by atoms with Gasteiger partial charge in [0.2, 0.25) is 0 Å². The van der Waals surface area contributed by atoms with E-state index in [1.807, 2.05) is 12.3 Å². The third kappa shape index (κ3) is 4.99. The third-order valence-electron chi connectivity index (χ3n) is 4.09. The molecular formula is C15H24Br2N4. The lowest BCUT2D eigenvalue weighted by Gasteiger charge is -2.43. The lowest BCUT2D eigenvalue weighted by molar-refractivity contribution is 0.0617. The number of likely N-dealkylation sites (N-methyl/N-ethyl adjacent to an activating group) is 1. The van der Waals surface area contributed by atoms with Gasteiger partial charge < -0.3 is 10.2 Å². The highest BCUT2D eigenvalue weighted by Crippen LogP contribution is 2.20. The van der Waals surface area contributed by atoms with Crippen LogP contribution in [0.25, 0.3) is 0 Å². The van der Waals surface area contributed by atoms with Crippen LogP contribution in [0.3, 0.4) is 0 Å².